The zero-order chi connectivity index (χ0) is 27.3. The minimum atomic E-state index is 0.155. The average molecular weight is 528 g/mol. The van der Waals surface area contributed by atoms with Crippen LogP contribution in [-0.4, -0.2) is 48.5 Å². The van der Waals surface area contributed by atoms with Crippen molar-refractivity contribution in [3.63, 3.8) is 0 Å². The Hall–Kier alpha value is -2.93. The number of nitrogen functional groups attached to an aromatic ring is 1. The molecular formula is C32H45N7. The molecule has 0 saturated heterocycles. The van der Waals surface area contributed by atoms with E-state index in [9.17, 15) is 0 Å². The number of rotatable bonds is 8. The Morgan fingerprint density at radius 2 is 1.82 bits per heavy atom. The number of anilines is 1. The number of nitrogens with two attached hydrogens (primary N) is 1. The molecule has 7 heteroatoms. The lowest BCUT2D eigenvalue weighted by molar-refractivity contribution is 0.0923. The fourth-order valence-electron chi connectivity index (χ4n) is 7.00. The van der Waals surface area contributed by atoms with Gasteiger partial charge < -0.3 is 20.2 Å². The van der Waals surface area contributed by atoms with Gasteiger partial charge in [0.1, 0.15) is 23.6 Å². The molecule has 0 bridgehead atoms. The normalized spacial score (nSPS) is 23.9. The lowest BCUT2D eigenvalue weighted by Gasteiger charge is -2.40. The quantitative estimate of drug-likeness (QED) is 0.273. The zero-order valence-electron chi connectivity index (χ0n) is 24.3. The Labute approximate surface area is 232 Å². The first-order valence-electron chi connectivity index (χ1n) is 14.9. The molecule has 0 radical (unpaired) electrons. The van der Waals surface area contributed by atoms with E-state index in [1.54, 1.807) is 6.33 Å². The highest BCUT2D eigenvalue weighted by atomic mass is 15.2. The summed E-state index contributed by atoms with van der Waals surface area (Å²) in [7, 11) is 0. The van der Waals surface area contributed by atoms with Crippen molar-refractivity contribution in [2.45, 2.75) is 90.6 Å². The molecular weight excluding hydrogens is 482 g/mol. The number of imidazole rings is 1. The van der Waals surface area contributed by atoms with Gasteiger partial charge in [0, 0.05) is 37.8 Å². The number of fused-ring (bicyclic) bond motifs is 2. The summed E-state index contributed by atoms with van der Waals surface area (Å²) in [5.74, 6) is 4.02. The van der Waals surface area contributed by atoms with Crippen molar-refractivity contribution in [1.82, 2.24) is 29.4 Å². The van der Waals surface area contributed by atoms with E-state index in [0.717, 1.165) is 46.5 Å². The van der Waals surface area contributed by atoms with Crippen LogP contribution < -0.4 is 5.73 Å². The lowest BCUT2D eigenvalue weighted by atomic mass is 9.72. The Morgan fingerprint density at radius 3 is 2.59 bits per heavy atom. The zero-order valence-corrected chi connectivity index (χ0v) is 24.3. The lowest BCUT2D eigenvalue weighted by Crippen LogP contribution is -2.42. The van der Waals surface area contributed by atoms with Crippen molar-refractivity contribution in [1.29, 1.82) is 0 Å². The molecule has 0 aliphatic heterocycles. The highest BCUT2D eigenvalue weighted by molar-refractivity contribution is 5.86. The van der Waals surface area contributed by atoms with Crippen LogP contribution in [-0.2, 0) is 11.8 Å². The summed E-state index contributed by atoms with van der Waals surface area (Å²) in [5.41, 5.74) is 10.8. The molecule has 0 amide bonds. The van der Waals surface area contributed by atoms with Crippen LogP contribution in [0.4, 0.5) is 5.82 Å². The molecule has 3 heterocycles. The second kappa shape index (κ2) is 10.2. The molecule has 208 valence electrons. The maximum absolute atomic E-state index is 6.07. The second-order valence-corrected chi connectivity index (χ2v) is 13.7. The monoisotopic (exact) mass is 527 g/mol. The Kier molecular flexibility index (Phi) is 6.90. The summed E-state index contributed by atoms with van der Waals surface area (Å²) in [4.78, 5) is 20.0. The molecule has 0 unspecified atom stereocenters. The van der Waals surface area contributed by atoms with Crippen LogP contribution >= 0.6 is 0 Å². The summed E-state index contributed by atoms with van der Waals surface area (Å²) in [6.07, 6.45) is 11.2. The van der Waals surface area contributed by atoms with Crippen molar-refractivity contribution in [2.24, 2.45) is 17.8 Å². The molecule has 1 aromatic carbocycles. The van der Waals surface area contributed by atoms with Crippen molar-refractivity contribution in [2.75, 3.05) is 18.8 Å². The Bertz CT molecular complexity index is 1440. The number of nitrogens with zero attached hydrogens (tertiary/aromatic N) is 5. The van der Waals surface area contributed by atoms with Crippen LogP contribution in [0, 0.1) is 17.8 Å². The second-order valence-electron chi connectivity index (χ2n) is 13.7. The topological polar surface area (TPSA) is 88.7 Å². The van der Waals surface area contributed by atoms with Crippen LogP contribution in [0.2, 0.25) is 0 Å². The van der Waals surface area contributed by atoms with Crippen molar-refractivity contribution >= 4 is 27.9 Å². The van der Waals surface area contributed by atoms with Gasteiger partial charge in [0.15, 0.2) is 0 Å². The molecule has 2 saturated carbocycles. The van der Waals surface area contributed by atoms with E-state index in [4.69, 9.17) is 10.7 Å². The van der Waals surface area contributed by atoms with Crippen molar-refractivity contribution < 1.29 is 0 Å². The maximum atomic E-state index is 6.07. The fraction of sp³-hybridized carbons (Fsp3) is 0.594. The molecule has 3 aromatic heterocycles. The molecule has 0 spiro atoms. The average Bonchev–Trinajstić information content (AvgIpc) is 3.59. The minimum Gasteiger partial charge on any atom is -0.383 e. The molecule has 2 aliphatic carbocycles. The molecule has 2 aliphatic rings. The first-order valence-corrected chi connectivity index (χ1v) is 14.9. The van der Waals surface area contributed by atoms with Gasteiger partial charge in [0.2, 0.25) is 0 Å². The molecule has 4 aromatic rings. The highest BCUT2D eigenvalue weighted by Crippen LogP contribution is 2.40. The van der Waals surface area contributed by atoms with E-state index in [0.29, 0.717) is 17.9 Å². The largest absolute Gasteiger partial charge is 0.383 e. The van der Waals surface area contributed by atoms with Gasteiger partial charge in [-0.25, -0.2) is 15.0 Å². The summed E-state index contributed by atoms with van der Waals surface area (Å²) >= 11 is 0. The van der Waals surface area contributed by atoms with Crippen LogP contribution in [0.1, 0.15) is 84.2 Å². The summed E-state index contributed by atoms with van der Waals surface area (Å²) in [6, 6.07) is 9.84. The van der Waals surface area contributed by atoms with E-state index >= 15 is 0 Å². The predicted octanol–water partition coefficient (Wildman–Crippen LogP) is 6.51. The highest BCUT2D eigenvalue weighted by Gasteiger charge is 2.34. The Morgan fingerprint density at radius 1 is 1.03 bits per heavy atom. The van der Waals surface area contributed by atoms with Gasteiger partial charge in [-0.05, 0) is 92.9 Å². The number of hydrogen-bond acceptors (Lipinski definition) is 5. The van der Waals surface area contributed by atoms with Crippen LogP contribution in [0.15, 0.2) is 36.8 Å². The van der Waals surface area contributed by atoms with Gasteiger partial charge in [-0.15, -0.1) is 0 Å². The van der Waals surface area contributed by atoms with E-state index < -0.39 is 0 Å². The summed E-state index contributed by atoms with van der Waals surface area (Å²) in [5, 5.41) is 0.974. The third-order valence-electron chi connectivity index (χ3n) is 9.38. The van der Waals surface area contributed by atoms with Crippen molar-refractivity contribution in [3.8, 4) is 0 Å². The third-order valence-corrected chi connectivity index (χ3v) is 9.38. The third kappa shape index (κ3) is 5.43. The maximum Gasteiger partial charge on any atom is 0.145 e. The molecule has 7 nitrogen and oxygen atoms in total. The predicted molar refractivity (Wildman–Crippen MR) is 160 cm³/mol. The molecule has 2 atom stereocenters. The van der Waals surface area contributed by atoms with Crippen LogP contribution in [0.5, 0.6) is 0 Å². The van der Waals surface area contributed by atoms with E-state index in [1.165, 1.54) is 56.3 Å². The number of hydrogen-bond donors (Lipinski definition) is 2. The van der Waals surface area contributed by atoms with E-state index in [1.807, 2.05) is 0 Å². The van der Waals surface area contributed by atoms with Crippen molar-refractivity contribution in [3.05, 3.63) is 48.2 Å². The molecule has 2 fully saturated rings. The van der Waals surface area contributed by atoms with Crippen LogP contribution in [0.25, 0.3) is 22.1 Å². The van der Waals surface area contributed by atoms with Gasteiger partial charge in [0.05, 0.1) is 16.4 Å². The molecule has 6 rings (SSSR count). The van der Waals surface area contributed by atoms with Gasteiger partial charge in [-0.1, -0.05) is 26.8 Å². The SMILES string of the molecule is CC(C)N(CC1CC(Cc2nc3ccc(C(C)(C)C)cc3[nH]2)C1)C[C@@H]1CC[C@H](n2ccc3c(N)ncnc32)C1. The van der Waals surface area contributed by atoms with Gasteiger partial charge >= 0.3 is 0 Å². The van der Waals surface area contributed by atoms with E-state index in [2.05, 4.69) is 89.5 Å². The number of aromatic nitrogens is 5. The number of benzene rings is 1. The fourth-order valence-corrected chi connectivity index (χ4v) is 7.00. The number of nitrogens with one attached hydrogen (secondary N) is 1. The number of aromatic amines is 1. The van der Waals surface area contributed by atoms with E-state index in [-0.39, 0.29) is 5.41 Å². The molecule has 39 heavy (non-hydrogen) atoms. The van der Waals surface area contributed by atoms with Gasteiger partial charge in [-0.3, -0.25) is 0 Å². The first kappa shape index (κ1) is 26.3. The number of H-pyrrole nitrogens is 1. The van der Waals surface area contributed by atoms with Crippen LogP contribution in [0.3, 0.4) is 0 Å². The minimum absolute atomic E-state index is 0.155. The smallest absolute Gasteiger partial charge is 0.145 e. The molecule has 3 N–H and O–H groups in total. The summed E-state index contributed by atoms with van der Waals surface area (Å²) in [6.45, 7) is 13.9. The van der Waals surface area contributed by atoms with Gasteiger partial charge in [0.25, 0.3) is 0 Å². The Balaban J connectivity index is 1.01. The standard InChI is InChI=1S/C32H45N7/c1-20(2)38(17-21-6-8-25(14-21)39-11-10-26-30(33)34-19-35-31(26)39)18-23-12-22(13-23)15-29-36-27-9-7-24(32(3,4)5)16-28(27)37-29/h7,9-11,16,19-23,25H,6,8,12-15,17-18H2,1-5H3,(H,36,37)(H2,33,34,35)/t21-,22?,23?,25+/m1/s1. The first-order chi connectivity index (χ1) is 18.6. The summed E-state index contributed by atoms with van der Waals surface area (Å²) < 4.78 is 2.34. The van der Waals surface area contributed by atoms with Gasteiger partial charge in [-0.2, -0.15) is 0 Å².